The fraction of sp³-hybridized carbons (Fsp3) is 0.946. The van der Waals surface area contributed by atoms with Crippen molar-refractivity contribution >= 4 is 12.2 Å². The number of ether oxygens (including phenoxy) is 2. The number of hydrogen-bond donors (Lipinski definition) is 2. The van der Waals surface area contributed by atoms with Crippen LogP contribution in [0.3, 0.4) is 0 Å². The standard InChI is InChI=1S/C37H75N3O4/c1-6-9-11-13-15-17-19-21-23-25-27-29-31-38-36(41)43-34-35(33-40(4,5)8-3)44-37(42)39-32-30-28-26-24-22-20-18-16-14-12-10-7-2/h35H,6-34H2,1-5H3,(H-,38,39,41,42)/p+1. The summed E-state index contributed by atoms with van der Waals surface area (Å²) in [6.07, 6.45) is 29.7. The smallest absolute Gasteiger partial charge is 0.407 e. The van der Waals surface area contributed by atoms with Crippen LogP contribution in [-0.2, 0) is 9.47 Å². The molecule has 0 aromatic carbocycles. The zero-order valence-electron chi connectivity index (χ0n) is 30.2. The molecular formula is C37H76N3O4+. The maximum absolute atomic E-state index is 12.5. The van der Waals surface area contributed by atoms with Crippen molar-refractivity contribution in [3.8, 4) is 0 Å². The lowest BCUT2D eigenvalue weighted by Gasteiger charge is -2.31. The highest BCUT2D eigenvalue weighted by atomic mass is 16.6. The van der Waals surface area contributed by atoms with Crippen molar-refractivity contribution in [2.45, 2.75) is 181 Å². The molecule has 0 aliphatic heterocycles. The van der Waals surface area contributed by atoms with Crippen molar-refractivity contribution in [2.75, 3.05) is 46.9 Å². The number of alkyl carbamates (subject to hydrolysis) is 2. The molecule has 0 saturated carbocycles. The Labute approximate surface area is 273 Å². The van der Waals surface area contributed by atoms with Gasteiger partial charge in [-0.05, 0) is 19.8 Å². The first-order valence-corrected chi connectivity index (χ1v) is 19.0. The maximum atomic E-state index is 12.5. The van der Waals surface area contributed by atoms with Gasteiger partial charge in [0.05, 0.1) is 20.6 Å². The summed E-state index contributed by atoms with van der Waals surface area (Å²) in [7, 11) is 4.18. The molecule has 1 atom stereocenters. The van der Waals surface area contributed by atoms with Gasteiger partial charge in [0.15, 0.2) is 6.10 Å². The average Bonchev–Trinajstić information content (AvgIpc) is 3.00. The number of nitrogens with one attached hydrogen (secondary N) is 2. The lowest BCUT2D eigenvalue weighted by atomic mass is 10.1. The van der Waals surface area contributed by atoms with Gasteiger partial charge in [0.1, 0.15) is 13.2 Å². The SMILES string of the molecule is CCCCCCCCCCCCCCNC(=O)OCC(C[N+](C)(C)CC)OC(=O)NCCCCCCCCCCCCCC. The van der Waals surface area contributed by atoms with Crippen LogP contribution in [0, 0.1) is 0 Å². The zero-order chi connectivity index (χ0) is 32.6. The van der Waals surface area contributed by atoms with Crippen molar-refractivity contribution in [1.82, 2.24) is 10.6 Å². The number of carbonyl (C=O) groups is 2. The first kappa shape index (κ1) is 42.5. The number of carbonyl (C=O) groups excluding carboxylic acids is 2. The Morgan fingerprint density at radius 3 is 1.23 bits per heavy atom. The molecule has 2 amide bonds. The van der Waals surface area contributed by atoms with Gasteiger partial charge in [-0.15, -0.1) is 0 Å². The average molecular weight is 627 g/mol. The van der Waals surface area contributed by atoms with E-state index in [9.17, 15) is 9.59 Å². The largest absolute Gasteiger partial charge is 0.445 e. The monoisotopic (exact) mass is 627 g/mol. The quantitative estimate of drug-likeness (QED) is 0.0575. The Bertz CT molecular complexity index is 644. The molecule has 44 heavy (non-hydrogen) atoms. The highest BCUT2D eigenvalue weighted by Crippen LogP contribution is 2.13. The molecule has 0 aliphatic carbocycles. The fourth-order valence-electron chi connectivity index (χ4n) is 5.53. The van der Waals surface area contributed by atoms with Crippen molar-refractivity contribution in [3.63, 3.8) is 0 Å². The van der Waals surface area contributed by atoms with E-state index in [4.69, 9.17) is 9.47 Å². The summed E-state index contributed by atoms with van der Waals surface area (Å²) in [5.41, 5.74) is 0. The number of amides is 2. The molecule has 0 spiro atoms. The van der Waals surface area contributed by atoms with Gasteiger partial charge >= 0.3 is 12.2 Å². The van der Waals surface area contributed by atoms with E-state index in [1.165, 1.54) is 128 Å². The first-order valence-electron chi connectivity index (χ1n) is 19.0. The molecule has 0 bridgehead atoms. The summed E-state index contributed by atoms with van der Waals surface area (Å²) >= 11 is 0. The van der Waals surface area contributed by atoms with Crippen LogP contribution >= 0.6 is 0 Å². The van der Waals surface area contributed by atoms with Gasteiger partial charge in [0.25, 0.3) is 0 Å². The molecule has 0 aliphatic rings. The van der Waals surface area contributed by atoms with Gasteiger partial charge in [-0.25, -0.2) is 9.59 Å². The fourth-order valence-corrected chi connectivity index (χ4v) is 5.53. The summed E-state index contributed by atoms with van der Waals surface area (Å²) in [5.74, 6) is 0. The molecule has 0 aromatic heterocycles. The summed E-state index contributed by atoms with van der Waals surface area (Å²) in [6.45, 7) is 9.43. The molecule has 0 radical (unpaired) electrons. The lowest BCUT2D eigenvalue weighted by molar-refractivity contribution is -0.891. The molecule has 0 saturated heterocycles. The van der Waals surface area contributed by atoms with Crippen LogP contribution in [0.2, 0.25) is 0 Å². The first-order chi connectivity index (χ1) is 21.3. The third-order valence-electron chi connectivity index (χ3n) is 8.83. The minimum absolute atomic E-state index is 0.0674. The van der Waals surface area contributed by atoms with Crippen molar-refractivity contribution < 1.29 is 23.5 Å². The Hall–Kier alpha value is -1.50. The van der Waals surface area contributed by atoms with E-state index in [-0.39, 0.29) is 6.61 Å². The van der Waals surface area contributed by atoms with Crippen molar-refractivity contribution in [1.29, 1.82) is 0 Å². The number of unbranched alkanes of at least 4 members (excludes halogenated alkanes) is 22. The summed E-state index contributed by atoms with van der Waals surface area (Å²) < 4.78 is 11.8. The molecule has 2 N–H and O–H groups in total. The predicted molar refractivity (Wildman–Crippen MR) is 187 cm³/mol. The van der Waals surface area contributed by atoms with Crippen LogP contribution in [0.1, 0.15) is 175 Å². The number of rotatable bonds is 32. The third-order valence-corrected chi connectivity index (χ3v) is 8.83. The van der Waals surface area contributed by atoms with Crippen LogP contribution in [0.15, 0.2) is 0 Å². The lowest BCUT2D eigenvalue weighted by Crippen LogP contribution is -2.49. The van der Waals surface area contributed by atoms with Gasteiger partial charge in [0, 0.05) is 13.1 Å². The summed E-state index contributed by atoms with van der Waals surface area (Å²) in [5, 5.41) is 5.76. The van der Waals surface area contributed by atoms with E-state index >= 15 is 0 Å². The minimum Gasteiger partial charge on any atom is -0.445 e. The molecule has 262 valence electrons. The molecular weight excluding hydrogens is 550 g/mol. The zero-order valence-corrected chi connectivity index (χ0v) is 30.2. The van der Waals surface area contributed by atoms with E-state index in [1.807, 2.05) is 0 Å². The molecule has 7 heteroatoms. The molecule has 7 nitrogen and oxygen atoms in total. The van der Waals surface area contributed by atoms with Gasteiger partial charge in [-0.2, -0.15) is 0 Å². The van der Waals surface area contributed by atoms with E-state index in [0.29, 0.717) is 24.1 Å². The Morgan fingerprint density at radius 1 is 0.523 bits per heavy atom. The van der Waals surface area contributed by atoms with Crippen LogP contribution in [0.5, 0.6) is 0 Å². The van der Waals surface area contributed by atoms with Gasteiger partial charge in [0.2, 0.25) is 0 Å². The second kappa shape index (κ2) is 31.5. The number of nitrogens with zero attached hydrogens (tertiary/aromatic N) is 1. The number of hydrogen-bond acceptors (Lipinski definition) is 4. The van der Waals surface area contributed by atoms with Crippen molar-refractivity contribution in [3.05, 3.63) is 0 Å². The molecule has 0 heterocycles. The number of likely N-dealkylation sites (N-methyl/N-ethyl adjacent to an activating group) is 1. The molecule has 0 rings (SSSR count). The highest BCUT2D eigenvalue weighted by Gasteiger charge is 2.25. The van der Waals surface area contributed by atoms with Crippen molar-refractivity contribution in [2.24, 2.45) is 0 Å². The minimum atomic E-state index is -0.482. The summed E-state index contributed by atoms with van der Waals surface area (Å²) in [4.78, 5) is 24.8. The van der Waals surface area contributed by atoms with Crippen LogP contribution < -0.4 is 10.6 Å². The van der Waals surface area contributed by atoms with Crippen LogP contribution in [0.4, 0.5) is 9.59 Å². The van der Waals surface area contributed by atoms with E-state index in [2.05, 4.69) is 45.5 Å². The normalized spacial score (nSPS) is 12.2. The summed E-state index contributed by atoms with van der Waals surface area (Å²) in [6, 6.07) is 0. The Morgan fingerprint density at radius 2 is 0.864 bits per heavy atom. The topological polar surface area (TPSA) is 76.7 Å². The third kappa shape index (κ3) is 30.5. The van der Waals surface area contributed by atoms with Crippen LogP contribution in [-0.4, -0.2) is 69.7 Å². The molecule has 0 aromatic rings. The van der Waals surface area contributed by atoms with E-state index in [0.717, 1.165) is 32.2 Å². The second-order valence-electron chi connectivity index (χ2n) is 13.7. The van der Waals surface area contributed by atoms with Gasteiger partial charge in [-0.1, -0.05) is 155 Å². The highest BCUT2D eigenvalue weighted by molar-refractivity contribution is 5.68. The van der Waals surface area contributed by atoms with Gasteiger partial charge in [-0.3, -0.25) is 0 Å². The predicted octanol–water partition coefficient (Wildman–Crippen LogP) is 10.3. The Kier molecular flexibility index (Phi) is 30.4. The Balaban J connectivity index is 3.96. The van der Waals surface area contributed by atoms with E-state index < -0.39 is 18.3 Å². The van der Waals surface area contributed by atoms with E-state index in [1.54, 1.807) is 0 Å². The molecule has 1 unspecified atom stereocenters. The van der Waals surface area contributed by atoms with Crippen LogP contribution in [0.25, 0.3) is 0 Å². The van der Waals surface area contributed by atoms with Gasteiger partial charge < -0.3 is 24.6 Å². The maximum Gasteiger partial charge on any atom is 0.407 e. The second-order valence-corrected chi connectivity index (χ2v) is 13.7. The number of quaternary nitrogens is 1. The molecule has 0 fully saturated rings.